The lowest BCUT2D eigenvalue weighted by atomic mass is 9.91. The Labute approximate surface area is 122 Å². The van der Waals surface area contributed by atoms with Crippen molar-refractivity contribution in [1.82, 2.24) is 4.90 Å². The van der Waals surface area contributed by atoms with Crippen molar-refractivity contribution in [2.75, 3.05) is 13.1 Å². The van der Waals surface area contributed by atoms with Crippen LogP contribution in [-0.2, 0) is 0 Å². The maximum Gasteiger partial charge on any atom is 0.0917 e. The highest BCUT2D eigenvalue weighted by Gasteiger charge is 2.35. The van der Waals surface area contributed by atoms with Gasteiger partial charge in [-0.25, -0.2) is 0 Å². The first-order valence-corrected chi connectivity index (χ1v) is 8.14. The number of aryl methyl sites for hydroxylation is 2. The molecule has 1 saturated heterocycles. The normalized spacial score (nSPS) is 28.4. The number of rotatable bonds is 3. The molecule has 1 aromatic rings. The van der Waals surface area contributed by atoms with E-state index in [9.17, 15) is 5.11 Å². The smallest absolute Gasteiger partial charge is 0.0917 e. The molecule has 3 atom stereocenters. The van der Waals surface area contributed by atoms with Crippen LogP contribution in [0.3, 0.4) is 0 Å². The molecule has 2 nitrogen and oxygen atoms in total. The number of nitrogens with zero attached hydrogens (tertiary/aromatic N) is 1. The van der Waals surface area contributed by atoms with Crippen molar-refractivity contribution in [3.8, 4) is 0 Å². The molecule has 110 valence electrons. The minimum atomic E-state index is -0.339. The first-order chi connectivity index (χ1) is 9.65. The van der Waals surface area contributed by atoms with Gasteiger partial charge in [-0.1, -0.05) is 24.6 Å². The van der Waals surface area contributed by atoms with E-state index in [4.69, 9.17) is 0 Å². The fourth-order valence-electron chi connectivity index (χ4n) is 4.08. The lowest BCUT2D eigenvalue weighted by molar-refractivity contribution is 0.0506. The molecule has 2 heteroatoms. The van der Waals surface area contributed by atoms with Crippen molar-refractivity contribution < 1.29 is 5.11 Å². The molecule has 0 radical (unpaired) electrons. The summed E-state index contributed by atoms with van der Waals surface area (Å²) in [6.45, 7) is 6.23. The van der Waals surface area contributed by atoms with E-state index in [0.29, 0.717) is 0 Å². The van der Waals surface area contributed by atoms with Gasteiger partial charge in [-0.3, -0.25) is 4.90 Å². The lowest BCUT2D eigenvalue weighted by Gasteiger charge is -2.38. The van der Waals surface area contributed by atoms with Crippen LogP contribution in [0.4, 0.5) is 0 Å². The summed E-state index contributed by atoms with van der Waals surface area (Å²) < 4.78 is 0. The molecule has 20 heavy (non-hydrogen) atoms. The summed E-state index contributed by atoms with van der Waals surface area (Å²) >= 11 is 0. The highest BCUT2D eigenvalue weighted by molar-refractivity contribution is 5.31. The van der Waals surface area contributed by atoms with Gasteiger partial charge in [0.2, 0.25) is 0 Å². The van der Waals surface area contributed by atoms with E-state index < -0.39 is 0 Å². The zero-order chi connectivity index (χ0) is 14.1. The molecule has 1 aromatic carbocycles. The Balaban J connectivity index is 1.68. The van der Waals surface area contributed by atoms with Crippen LogP contribution in [0.1, 0.15) is 54.9 Å². The molecule has 0 amide bonds. The predicted octanol–water partition coefficient (Wildman–Crippen LogP) is 3.60. The van der Waals surface area contributed by atoms with E-state index in [1.54, 1.807) is 0 Å². The minimum Gasteiger partial charge on any atom is -0.387 e. The van der Waals surface area contributed by atoms with Gasteiger partial charge < -0.3 is 5.11 Å². The number of β-amino-alcohol motifs (C(OH)–C–C–N with tert-alkyl or cyclic N) is 1. The van der Waals surface area contributed by atoms with Gasteiger partial charge in [0.15, 0.2) is 0 Å². The fraction of sp³-hybridized carbons (Fsp3) is 0.667. The van der Waals surface area contributed by atoms with Gasteiger partial charge in [-0.2, -0.15) is 0 Å². The molecule has 1 aliphatic carbocycles. The van der Waals surface area contributed by atoms with Crippen LogP contribution in [0.2, 0.25) is 0 Å². The van der Waals surface area contributed by atoms with Crippen molar-refractivity contribution in [2.24, 2.45) is 5.92 Å². The Morgan fingerprint density at radius 3 is 2.75 bits per heavy atom. The summed E-state index contributed by atoms with van der Waals surface area (Å²) in [4.78, 5) is 2.56. The van der Waals surface area contributed by atoms with Crippen LogP contribution in [0, 0.1) is 19.8 Å². The van der Waals surface area contributed by atoms with E-state index in [1.165, 1.54) is 49.8 Å². The number of benzene rings is 1. The standard InChI is InChI=1S/C18H27NO/c1-13-8-9-16(11-14(13)2)18(20)12-19-10-4-6-15-5-3-7-17(15)19/h8-9,11,15,17-18,20H,3-7,10,12H2,1-2H3. The van der Waals surface area contributed by atoms with Gasteiger partial charge in [-0.15, -0.1) is 0 Å². The zero-order valence-corrected chi connectivity index (χ0v) is 12.8. The SMILES string of the molecule is Cc1ccc(C(O)CN2CCCC3CCCC32)cc1C. The Bertz CT molecular complexity index is 470. The topological polar surface area (TPSA) is 23.5 Å². The quantitative estimate of drug-likeness (QED) is 0.909. The van der Waals surface area contributed by atoms with Crippen LogP contribution in [0.25, 0.3) is 0 Å². The number of aliphatic hydroxyl groups excluding tert-OH is 1. The molecule has 1 aliphatic heterocycles. The number of likely N-dealkylation sites (tertiary alicyclic amines) is 1. The average Bonchev–Trinajstić information content (AvgIpc) is 2.91. The molecule has 2 fully saturated rings. The van der Waals surface area contributed by atoms with Gasteiger partial charge in [0.25, 0.3) is 0 Å². The maximum atomic E-state index is 10.6. The second-order valence-corrected chi connectivity index (χ2v) is 6.75. The van der Waals surface area contributed by atoms with E-state index in [2.05, 4.69) is 36.9 Å². The first-order valence-electron chi connectivity index (χ1n) is 8.14. The largest absolute Gasteiger partial charge is 0.387 e. The lowest BCUT2D eigenvalue weighted by Crippen LogP contribution is -2.44. The molecule has 0 spiro atoms. The average molecular weight is 273 g/mol. The summed E-state index contributed by atoms with van der Waals surface area (Å²) in [5, 5.41) is 10.6. The third-order valence-corrected chi connectivity index (χ3v) is 5.43. The molecule has 2 aliphatic rings. The molecule has 0 aromatic heterocycles. The first kappa shape index (κ1) is 14.1. The summed E-state index contributed by atoms with van der Waals surface area (Å²) in [5.74, 6) is 0.899. The van der Waals surface area contributed by atoms with Crippen LogP contribution in [-0.4, -0.2) is 29.1 Å². The molecule has 1 N–H and O–H groups in total. The summed E-state index contributed by atoms with van der Waals surface area (Å²) in [5.41, 5.74) is 3.65. The van der Waals surface area contributed by atoms with Crippen molar-refractivity contribution in [2.45, 2.75) is 58.1 Å². The minimum absolute atomic E-state index is 0.339. The van der Waals surface area contributed by atoms with Crippen molar-refractivity contribution >= 4 is 0 Å². The zero-order valence-electron chi connectivity index (χ0n) is 12.8. The molecule has 3 rings (SSSR count). The second-order valence-electron chi connectivity index (χ2n) is 6.75. The molecule has 3 unspecified atom stereocenters. The Kier molecular flexibility index (Phi) is 4.13. The molecule has 1 saturated carbocycles. The maximum absolute atomic E-state index is 10.6. The molecular weight excluding hydrogens is 246 g/mol. The van der Waals surface area contributed by atoms with Gasteiger partial charge in [0.1, 0.15) is 0 Å². The van der Waals surface area contributed by atoms with Crippen LogP contribution in [0.15, 0.2) is 18.2 Å². The van der Waals surface area contributed by atoms with Crippen LogP contribution < -0.4 is 0 Å². The monoisotopic (exact) mass is 273 g/mol. The summed E-state index contributed by atoms with van der Waals surface area (Å²) in [7, 11) is 0. The molecule has 0 bridgehead atoms. The van der Waals surface area contributed by atoms with E-state index in [-0.39, 0.29) is 6.10 Å². The molecular formula is C18H27NO. The number of piperidine rings is 1. The van der Waals surface area contributed by atoms with Gasteiger partial charge in [-0.05, 0) is 68.7 Å². The van der Waals surface area contributed by atoms with Crippen molar-refractivity contribution in [3.05, 3.63) is 34.9 Å². The summed E-state index contributed by atoms with van der Waals surface area (Å²) in [6, 6.07) is 7.10. The van der Waals surface area contributed by atoms with Crippen molar-refractivity contribution in [1.29, 1.82) is 0 Å². The Morgan fingerprint density at radius 2 is 1.95 bits per heavy atom. The molecule has 1 heterocycles. The van der Waals surface area contributed by atoms with E-state index in [0.717, 1.165) is 24.1 Å². The van der Waals surface area contributed by atoms with Gasteiger partial charge in [0.05, 0.1) is 6.10 Å². The third kappa shape index (κ3) is 2.77. The number of hydrogen-bond acceptors (Lipinski definition) is 2. The van der Waals surface area contributed by atoms with Gasteiger partial charge in [0, 0.05) is 12.6 Å². The fourth-order valence-corrected chi connectivity index (χ4v) is 4.08. The van der Waals surface area contributed by atoms with E-state index >= 15 is 0 Å². The second kappa shape index (κ2) is 5.87. The van der Waals surface area contributed by atoms with Crippen LogP contribution in [0.5, 0.6) is 0 Å². The summed E-state index contributed by atoms with van der Waals surface area (Å²) in [6.07, 6.45) is 6.49. The highest BCUT2D eigenvalue weighted by atomic mass is 16.3. The number of hydrogen-bond donors (Lipinski definition) is 1. The van der Waals surface area contributed by atoms with E-state index in [1.807, 2.05) is 0 Å². The predicted molar refractivity (Wildman–Crippen MR) is 82.8 cm³/mol. The van der Waals surface area contributed by atoms with Crippen LogP contribution >= 0.6 is 0 Å². The number of fused-ring (bicyclic) bond motifs is 1. The van der Waals surface area contributed by atoms with Crippen molar-refractivity contribution in [3.63, 3.8) is 0 Å². The highest BCUT2D eigenvalue weighted by Crippen LogP contribution is 2.37. The Hall–Kier alpha value is -0.860. The third-order valence-electron chi connectivity index (χ3n) is 5.43. The Morgan fingerprint density at radius 1 is 1.15 bits per heavy atom. The number of aliphatic hydroxyl groups is 1. The van der Waals surface area contributed by atoms with Gasteiger partial charge >= 0.3 is 0 Å².